The molecule has 1 aromatic carbocycles. The average Bonchev–Trinajstić information content (AvgIpc) is 3.06. The summed E-state index contributed by atoms with van der Waals surface area (Å²) in [6.45, 7) is 10.7. The van der Waals surface area contributed by atoms with Crippen molar-refractivity contribution in [3.8, 4) is 0 Å². The monoisotopic (exact) mass is 463 g/mol. The van der Waals surface area contributed by atoms with E-state index in [-0.39, 0.29) is 25.4 Å². The molecule has 2 rings (SSSR count). The lowest BCUT2D eigenvalue weighted by molar-refractivity contribution is -0.135. The zero-order chi connectivity index (χ0) is 25.0. The zero-order valence-electron chi connectivity index (χ0n) is 20.6. The van der Waals surface area contributed by atoms with Gasteiger partial charge in [-0.3, -0.25) is 4.79 Å². The van der Waals surface area contributed by atoms with Crippen molar-refractivity contribution in [3.05, 3.63) is 35.9 Å². The summed E-state index contributed by atoms with van der Waals surface area (Å²) in [5, 5.41) is 13.2. The van der Waals surface area contributed by atoms with Crippen molar-refractivity contribution < 1.29 is 29.0 Å². The van der Waals surface area contributed by atoms with Gasteiger partial charge in [-0.25, -0.2) is 9.59 Å². The van der Waals surface area contributed by atoms with E-state index >= 15 is 0 Å². The Morgan fingerprint density at radius 2 is 1.64 bits per heavy atom. The summed E-state index contributed by atoms with van der Waals surface area (Å²) in [7, 11) is 1.56. The number of aliphatic hydroxyl groups excluding tert-OH is 1. The Morgan fingerprint density at radius 3 is 2.18 bits per heavy atom. The number of alkyl carbamates (subject to hydrolysis) is 1. The quantitative estimate of drug-likeness (QED) is 0.695. The van der Waals surface area contributed by atoms with E-state index < -0.39 is 41.6 Å². The second-order valence-corrected chi connectivity index (χ2v) is 10.4. The van der Waals surface area contributed by atoms with Gasteiger partial charge in [-0.05, 0) is 47.1 Å². The first-order valence-electron chi connectivity index (χ1n) is 11.1. The van der Waals surface area contributed by atoms with Crippen LogP contribution in [0, 0.1) is 0 Å². The summed E-state index contributed by atoms with van der Waals surface area (Å²) >= 11 is 0. The van der Waals surface area contributed by atoms with E-state index in [2.05, 4.69) is 5.32 Å². The molecule has 2 N–H and O–H groups in total. The zero-order valence-corrected chi connectivity index (χ0v) is 20.6. The van der Waals surface area contributed by atoms with Gasteiger partial charge in [0.15, 0.2) is 0 Å². The molecule has 0 aliphatic carbocycles. The molecule has 0 saturated carbocycles. The minimum Gasteiger partial charge on any atom is -0.444 e. The summed E-state index contributed by atoms with van der Waals surface area (Å²) < 4.78 is 10.7. The molecule has 1 aliphatic rings. The highest BCUT2D eigenvalue weighted by atomic mass is 16.6. The molecule has 0 bridgehead atoms. The smallest absolute Gasteiger partial charge is 0.410 e. The van der Waals surface area contributed by atoms with Gasteiger partial charge in [-0.2, -0.15) is 0 Å². The Labute approximate surface area is 196 Å². The number of benzene rings is 1. The number of likely N-dealkylation sites (tertiary alicyclic amines) is 1. The van der Waals surface area contributed by atoms with Crippen LogP contribution in [0.4, 0.5) is 9.59 Å². The molecule has 1 aliphatic heterocycles. The molecule has 9 heteroatoms. The Kier molecular flexibility index (Phi) is 8.35. The molecule has 1 aromatic rings. The van der Waals surface area contributed by atoms with Crippen molar-refractivity contribution in [2.75, 3.05) is 20.1 Å². The highest BCUT2D eigenvalue weighted by Gasteiger charge is 2.41. The SMILES string of the molecule is CN(C(=O)[C@H](Cc1ccccc1)NC(=O)OC(C)(C)C)[C@H]1CN(C(=O)OC(C)(C)C)C[C@@H]1O. The Balaban J connectivity index is 2.15. The predicted molar refractivity (Wildman–Crippen MR) is 124 cm³/mol. The summed E-state index contributed by atoms with van der Waals surface area (Å²) in [4.78, 5) is 41.0. The molecule has 3 atom stereocenters. The lowest BCUT2D eigenvalue weighted by atomic mass is 10.0. The van der Waals surface area contributed by atoms with Crippen molar-refractivity contribution >= 4 is 18.1 Å². The molecule has 1 saturated heterocycles. The third kappa shape index (κ3) is 8.24. The van der Waals surface area contributed by atoms with Crippen LogP contribution in [0.15, 0.2) is 30.3 Å². The number of nitrogens with one attached hydrogen (secondary N) is 1. The van der Waals surface area contributed by atoms with Gasteiger partial charge >= 0.3 is 12.2 Å². The molecule has 0 spiro atoms. The maximum Gasteiger partial charge on any atom is 0.410 e. The highest BCUT2D eigenvalue weighted by molar-refractivity contribution is 5.86. The fourth-order valence-corrected chi connectivity index (χ4v) is 3.53. The van der Waals surface area contributed by atoms with Crippen LogP contribution in [-0.4, -0.2) is 82.5 Å². The number of rotatable bonds is 5. The van der Waals surface area contributed by atoms with Crippen molar-refractivity contribution in [2.24, 2.45) is 0 Å². The van der Waals surface area contributed by atoms with E-state index in [4.69, 9.17) is 9.47 Å². The molecule has 0 radical (unpaired) electrons. The minimum atomic E-state index is -0.939. The maximum absolute atomic E-state index is 13.4. The second kappa shape index (κ2) is 10.4. The van der Waals surface area contributed by atoms with Crippen molar-refractivity contribution in [1.29, 1.82) is 0 Å². The van der Waals surface area contributed by atoms with Crippen LogP contribution in [0.1, 0.15) is 47.1 Å². The van der Waals surface area contributed by atoms with Crippen molar-refractivity contribution in [3.63, 3.8) is 0 Å². The number of nitrogens with zero attached hydrogens (tertiary/aromatic N) is 2. The van der Waals surface area contributed by atoms with Gasteiger partial charge in [0.25, 0.3) is 0 Å². The lowest BCUT2D eigenvalue weighted by Gasteiger charge is -2.31. The van der Waals surface area contributed by atoms with Crippen LogP contribution in [0.5, 0.6) is 0 Å². The topological polar surface area (TPSA) is 108 Å². The number of amides is 3. The van der Waals surface area contributed by atoms with Crippen LogP contribution in [0.25, 0.3) is 0 Å². The van der Waals surface area contributed by atoms with Gasteiger partial charge in [0.2, 0.25) is 5.91 Å². The van der Waals surface area contributed by atoms with Crippen molar-refractivity contribution in [2.45, 2.75) is 77.4 Å². The van der Waals surface area contributed by atoms with Gasteiger partial charge in [-0.15, -0.1) is 0 Å². The van der Waals surface area contributed by atoms with E-state index in [0.717, 1.165) is 5.56 Å². The summed E-state index contributed by atoms with van der Waals surface area (Å²) in [5.41, 5.74) is -0.520. The Morgan fingerprint density at radius 1 is 1.06 bits per heavy atom. The molecule has 184 valence electrons. The van der Waals surface area contributed by atoms with E-state index in [0.29, 0.717) is 0 Å². The number of aliphatic hydroxyl groups is 1. The molecule has 33 heavy (non-hydrogen) atoms. The number of likely N-dealkylation sites (N-methyl/N-ethyl adjacent to an activating group) is 1. The fourth-order valence-electron chi connectivity index (χ4n) is 3.53. The minimum absolute atomic E-state index is 0.0556. The molecule has 9 nitrogen and oxygen atoms in total. The van der Waals surface area contributed by atoms with Crippen LogP contribution < -0.4 is 5.32 Å². The molecule has 0 aromatic heterocycles. The molecule has 0 unspecified atom stereocenters. The molecule has 1 fully saturated rings. The van der Waals surface area contributed by atoms with Crippen LogP contribution in [0.2, 0.25) is 0 Å². The number of carbonyl (C=O) groups is 3. The highest BCUT2D eigenvalue weighted by Crippen LogP contribution is 2.20. The average molecular weight is 464 g/mol. The van der Waals surface area contributed by atoms with Crippen LogP contribution >= 0.6 is 0 Å². The summed E-state index contributed by atoms with van der Waals surface area (Å²) in [5.74, 6) is -0.389. The van der Waals surface area contributed by atoms with Crippen LogP contribution in [-0.2, 0) is 20.7 Å². The molecule has 3 amide bonds. The van der Waals surface area contributed by atoms with Gasteiger partial charge in [0.05, 0.1) is 18.7 Å². The third-order valence-corrected chi connectivity index (χ3v) is 5.03. The fraction of sp³-hybridized carbons (Fsp3) is 0.625. The number of hydrogen-bond acceptors (Lipinski definition) is 6. The normalized spacial score (nSPS) is 19.6. The first kappa shape index (κ1) is 26.4. The first-order chi connectivity index (χ1) is 15.2. The van der Waals surface area contributed by atoms with E-state index in [1.807, 2.05) is 30.3 Å². The Hall–Kier alpha value is -2.81. The number of β-amino-alcohol motifs (C(OH)–C–C–N with tert-alkyl or cyclic N) is 1. The number of ether oxygens (including phenoxy) is 2. The standard InChI is InChI=1S/C24H37N3O6/c1-23(2,3)32-21(30)25-17(13-16-11-9-8-10-12-16)20(29)26(7)18-14-27(15-19(18)28)22(31)33-24(4,5)6/h8-12,17-19,28H,13-15H2,1-7H3,(H,25,30)/t17-,18-,19-/m0/s1. The van der Waals surface area contributed by atoms with Gasteiger partial charge < -0.3 is 29.7 Å². The van der Waals surface area contributed by atoms with Crippen LogP contribution in [0.3, 0.4) is 0 Å². The van der Waals surface area contributed by atoms with E-state index in [1.165, 1.54) is 9.80 Å². The predicted octanol–water partition coefficient (Wildman–Crippen LogP) is 2.56. The number of carbonyl (C=O) groups excluding carboxylic acids is 3. The lowest BCUT2D eigenvalue weighted by Crippen LogP contribution is -2.54. The number of hydrogen-bond donors (Lipinski definition) is 2. The second-order valence-electron chi connectivity index (χ2n) is 10.4. The molecule has 1 heterocycles. The Bertz CT molecular complexity index is 831. The van der Waals surface area contributed by atoms with Crippen molar-refractivity contribution in [1.82, 2.24) is 15.1 Å². The summed E-state index contributed by atoms with van der Waals surface area (Å²) in [6.07, 6.45) is -1.93. The molecular weight excluding hydrogens is 426 g/mol. The maximum atomic E-state index is 13.4. The van der Waals surface area contributed by atoms with Gasteiger partial charge in [-0.1, -0.05) is 30.3 Å². The first-order valence-corrected chi connectivity index (χ1v) is 11.1. The third-order valence-electron chi connectivity index (χ3n) is 5.03. The van der Waals surface area contributed by atoms with Gasteiger partial charge in [0.1, 0.15) is 17.2 Å². The molecular formula is C24H37N3O6. The van der Waals surface area contributed by atoms with E-state index in [9.17, 15) is 19.5 Å². The largest absolute Gasteiger partial charge is 0.444 e. The van der Waals surface area contributed by atoms with E-state index in [1.54, 1.807) is 48.6 Å². The summed E-state index contributed by atoms with van der Waals surface area (Å²) in [6, 6.07) is 7.77. The van der Waals surface area contributed by atoms with Gasteiger partial charge in [0, 0.05) is 20.0 Å².